The molecular weight excluding hydrogens is 328 g/mol. The number of hydrogen-bond donors (Lipinski definition) is 1. The molecule has 1 saturated carbocycles. The zero-order chi connectivity index (χ0) is 17.8. The number of nitrogens with zero attached hydrogens (tertiary/aromatic N) is 1. The molecule has 3 nitrogen and oxygen atoms in total. The average molecular weight is 357 g/mol. The molecule has 0 spiro atoms. The fraction of sp³-hybridized carbons (Fsp3) is 0.476. The molecule has 3 rings (SSSR count). The van der Waals surface area contributed by atoms with Crippen molar-refractivity contribution < 1.29 is 4.79 Å². The predicted octanol–water partition coefficient (Wildman–Crippen LogP) is 6.29. The summed E-state index contributed by atoms with van der Waals surface area (Å²) in [6, 6.07) is 10.8. The second-order valence-corrected chi connectivity index (χ2v) is 8.10. The third kappa shape index (κ3) is 4.24. The second-order valence-electron chi connectivity index (χ2n) is 7.12. The molecule has 1 aromatic carbocycles. The molecule has 1 N–H and O–H groups in total. The number of carbonyl (C=O) groups excluding carboxylic acids is 1. The molecule has 1 fully saturated rings. The largest absolute Gasteiger partial charge is 0.322 e. The molecule has 0 unspecified atom stereocenters. The van der Waals surface area contributed by atoms with E-state index in [4.69, 9.17) is 0 Å². The maximum absolute atomic E-state index is 13.2. The van der Waals surface area contributed by atoms with Crippen LogP contribution < -0.4 is 5.32 Å². The number of anilines is 1. The van der Waals surface area contributed by atoms with Crippen molar-refractivity contribution in [1.82, 2.24) is 4.90 Å². The first-order chi connectivity index (χ1) is 12.1. The van der Waals surface area contributed by atoms with Gasteiger partial charge in [0.2, 0.25) is 0 Å². The molecule has 2 amide bonds. The Kier molecular flexibility index (Phi) is 5.79. The van der Waals surface area contributed by atoms with E-state index in [0.29, 0.717) is 6.04 Å². The summed E-state index contributed by atoms with van der Waals surface area (Å²) in [5.74, 6) is 0. The Bertz CT molecular complexity index is 705. The highest BCUT2D eigenvalue weighted by Gasteiger charge is 2.30. The highest BCUT2D eigenvalue weighted by atomic mass is 32.1. The predicted molar refractivity (Wildman–Crippen MR) is 106 cm³/mol. The number of rotatable bonds is 4. The van der Waals surface area contributed by atoms with E-state index in [1.807, 2.05) is 6.07 Å². The van der Waals surface area contributed by atoms with Crippen LogP contribution in [0.25, 0.3) is 0 Å². The average Bonchev–Trinajstić information content (AvgIpc) is 3.14. The SMILES string of the molecule is Cc1ccc(NC(=O)N(C2CCCCC2)[C@H](C)c2cccs2)cc1C. The molecular formula is C21H28N2OS. The summed E-state index contributed by atoms with van der Waals surface area (Å²) in [7, 11) is 0. The van der Waals surface area contributed by atoms with Gasteiger partial charge in [0.25, 0.3) is 0 Å². The van der Waals surface area contributed by atoms with Crippen molar-refractivity contribution in [2.45, 2.75) is 65.0 Å². The van der Waals surface area contributed by atoms with E-state index in [1.54, 1.807) is 11.3 Å². The van der Waals surface area contributed by atoms with Crippen LogP contribution in [-0.4, -0.2) is 17.0 Å². The number of urea groups is 1. The van der Waals surface area contributed by atoms with E-state index in [-0.39, 0.29) is 12.1 Å². The molecule has 1 atom stereocenters. The van der Waals surface area contributed by atoms with Crippen LogP contribution in [0.15, 0.2) is 35.7 Å². The highest BCUT2D eigenvalue weighted by Crippen LogP contribution is 2.32. The molecule has 1 aromatic heterocycles. The fourth-order valence-corrected chi connectivity index (χ4v) is 4.47. The van der Waals surface area contributed by atoms with Gasteiger partial charge in [0, 0.05) is 16.6 Å². The summed E-state index contributed by atoms with van der Waals surface area (Å²) >= 11 is 1.73. The van der Waals surface area contributed by atoms with Crippen molar-refractivity contribution in [3.8, 4) is 0 Å². The smallest absolute Gasteiger partial charge is 0.314 e. The summed E-state index contributed by atoms with van der Waals surface area (Å²) in [6.07, 6.45) is 5.94. The maximum atomic E-state index is 13.2. The number of nitrogens with one attached hydrogen (secondary N) is 1. The van der Waals surface area contributed by atoms with E-state index in [0.717, 1.165) is 18.5 Å². The first kappa shape index (κ1) is 18.0. The minimum atomic E-state index is 0.0241. The van der Waals surface area contributed by atoms with Crippen molar-refractivity contribution in [2.24, 2.45) is 0 Å². The Morgan fingerprint density at radius 1 is 1.16 bits per heavy atom. The molecule has 134 valence electrons. The summed E-state index contributed by atoms with van der Waals surface area (Å²) in [6.45, 7) is 6.33. The van der Waals surface area contributed by atoms with Gasteiger partial charge in [-0.05, 0) is 68.3 Å². The van der Waals surface area contributed by atoms with Gasteiger partial charge in [-0.2, -0.15) is 0 Å². The molecule has 1 aliphatic carbocycles. The number of carbonyl (C=O) groups is 1. The number of benzene rings is 1. The van der Waals surface area contributed by atoms with E-state index in [2.05, 4.69) is 60.6 Å². The molecule has 4 heteroatoms. The molecule has 0 aliphatic heterocycles. The van der Waals surface area contributed by atoms with E-state index in [1.165, 1.54) is 35.3 Å². The first-order valence-electron chi connectivity index (χ1n) is 9.26. The third-order valence-electron chi connectivity index (χ3n) is 5.33. The molecule has 2 aromatic rings. The molecule has 1 aliphatic rings. The van der Waals surface area contributed by atoms with Gasteiger partial charge < -0.3 is 10.2 Å². The maximum Gasteiger partial charge on any atom is 0.322 e. The molecule has 25 heavy (non-hydrogen) atoms. The summed E-state index contributed by atoms with van der Waals surface area (Å²) in [5.41, 5.74) is 3.33. The van der Waals surface area contributed by atoms with Crippen LogP contribution in [0.4, 0.5) is 10.5 Å². The Hall–Kier alpha value is -1.81. The highest BCUT2D eigenvalue weighted by molar-refractivity contribution is 7.10. The Labute approximate surface area is 155 Å². The summed E-state index contributed by atoms with van der Waals surface area (Å²) < 4.78 is 0. The van der Waals surface area contributed by atoms with Crippen LogP contribution in [-0.2, 0) is 0 Å². The van der Waals surface area contributed by atoms with Gasteiger partial charge in [0.1, 0.15) is 0 Å². The third-order valence-corrected chi connectivity index (χ3v) is 6.38. The second kappa shape index (κ2) is 8.05. The summed E-state index contributed by atoms with van der Waals surface area (Å²) in [5, 5.41) is 5.23. The topological polar surface area (TPSA) is 32.3 Å². The van der Waals surface area contributed by atoms with Crippen LogP contribution in [0.2, 0.25) is 0 Å². The molecule has 0 radical (unpaired) electrons. The monoisotopic (exact) mass is 356 g/mol. The van der Waals surface area contributed by atoms with Crippen LogP contribution in [0.3, 0.4) is 0 Å². The first-order valence-corrected chi connectivity index (χ1v) is 10.1. The lowest BCUT2D eigenvalue weighted by atomic mass is 9.93. The summed E-state index contributed by atoms with van der Waals surface area (Å²) in [4.78, 5) is 16.5. The van der Waals surface area contributed by atoms with Crippen LogP contribution in [0.1, 0.15) is 61.1 Å². The quantitative estimate of drug-likeness (QED) is 0.685. The van der Waals surface area contributed by atoms with Crippen molar-refractivity contribution >= 4 is 23.1 Å². The molecule has 0 bridgehead atoms. The zero-order valence-electron chi connectivity index (χ0n) is 15.4. The minimum Gasteiger partial charge on any atom is -0.314 e. The van der Waals surface area contributed by atoms with Gasteiger partial charge in [-0.15, -0.1) is 11.3 Å². The van der Waals surface area contributed by atoms with Gasteiger partial charge in [-0.3, -0.25) is 0 Å². The van der Waals surface area contributed by atoms with Crippen LogP contribution in [0.5, 0.6) is 0 Å². The molecule has 0 saturated heterocycles. The van der Waals surface area contributed by atoms with Gasteiger partial charge in [-0.1, -0.05) is 31.4 Å². The van der Waals surface area contributed by atoms with E-state index < -0.39 is 0 Å². The van der Waals surface area contributed by atoms with Crippen molar-refractivity contribution in [2.75, 3.05) is 5.32 Å². The zero-order valence-corrected chi connectivity index (χ0v) is 16.2. The minimum absolute atomic E-state index is 0.0241. The Balaban J connectivity index is 1.82. The lowest BCUT2D eigenvalue weighted by molar-refractivity contribution is 0.140. The van der Waals surface area contributed by atoms with Gasteiger partial charge in [-0.25, -0.2) is 4.79 Å². The van der Waals surface area contributed by atoms with Gasteiger partial charge in [0.05, 0.1) is 6.04 Å². The normalized spacial score (nSPS) is 16.4. The van der Waals surface area contributed by atoms with Gasteiger partial charge in [0.15, 0.2) is 0 Å². The standard InChI is InChI=1S/C21H28N2OS/c1-15-11-12-18(14-16(15)2)22-21(24)23(19-8-5-4-6-9-19)17(3)20-10-7-13-25-20/h7,10-14,17,19H,4-6,8-9H2,1-3H3,(H,22,24)/t17-/m1/s1. The Morgan fingerprint density at radius 2 is 1.92 bits per heavy atom. The van der Waals surface area contributed by atoms with Crippen molar-refractivity contribution in [1.29, 1.82) is 0 Å². The van der Waals surface area contributed by atoms with Crippen molar-refractivity contribution in [3.05, 3.63) is 51.7 Å². The van der Waals surface area contributed by atoms with Crippen LogP contribution in [0, 0.1) is 13.8 Å². The number of thiophene rings is 1. The lowest BCUT2D eigenvalue weighted by Crippen LogP contribution is -2.45. The Morgan fingerprint density at radius 3 is 2.56 bits per heavy atom. The lowest BCUT2D eigenvalue weighted by Gasteiger charge is -2.38. The van der Waals surface area contributed by atoms with Crippen molar-refractivity contribution in [3.63, 3.8) is 0 Å². The number of aryl methyl sites for hydroxylation is 2. The van der Waals surface area contributed by atoms with Crippen LogP contribution >= 0.6 is 11.3 Å². The molecule has 1 heterocycles. The van der Waals surface area contributed by atoms with Gasteiger partial charge >= 0.3 is 6.03 Å². The fourth-order valence-electron chi connectivity index (χ4n) is 3.69. The number of hydrogen-bond acceptors (Lipinski definition) is 2. The van der Waals surface area contributed by atoms with E-state index >= 15 is 0 Å². The van der Waals surface area contributed by atoms with E-state index in [9.17, 15) is 4.79 Å². The number of amides is 2.